The molecule has 98 valence electrons. The molecule has 0 bridgehead atoms. The van der Waals surface area contributed by atoms with Crippen LogP contribution in [0.3, 0.4) is 0 Å². The monoisotopic (exact) mass is 252 g/mol. The smallest absolute Gasteiger partial charge is 0.354 e. The first kappa shape index (κ1) is 12.5. The van der Waals surface area contributed by atoms with Crippen LogP contribution in [0.25, 0.3) is 0 Å². The summed E-state index contributed by atoms with van der Waals surface area (Å²) in [6.45, 7) is 4.01. The van der Waals surface area contributed by atoms with Crippen molar-refractivity contribution >= 4 is 17.3 Å². The fraction of sp³-hybridized carbons (Fsp3) is 0.600. The average Bonchev–Trinajstić information content (AvgIpc) is 3.11. The van der Waals surface area contributed by atoms with Gasteiger partial charge in [0.15, 0.2) is 0 Å². The molecular formula is C10H16N6O2. The van der Waals surface area contributed by atoms with E-state index in [0.717, 1.165) is 12.8 Å². The first-order chi connectivity index (χ1) is 8.45. The number of aromatic nitrogens is 2. The van der Waals surface area contributed by atoms with Gasteiger partial charge in [-0.2, -0.15) is 0 Å². The molecule has 18 heavy (non-hydrogen) atoms. The molecule has 8 nitrogen and oxygen atoms in total. The molecule has 1 saturated carbocycles. The molecule has 0 aromatic carbocycles. The van der Waals surface area contributed by atoms with Crippen molar-refractivity contribution in [1.82, 2.24) is 9.97 Å². The molecule has 1 fully saturated rings. The number of nitrogen functional groups attached to an aromatic ring is 1. The maximum atomic E-state index is 11.1. The van der Waals surface area contributed by atoms with Crippen molar-refractivity contribution in [3.05, 3.63) is 16.4 Å². The van der Waals surface area contributed by atoms with E-state index in [0.29, 0.717) is 5.92 Å². The van der Waals surface area contributed by atoms with Crippen molar-refractivity contribution in [2.45, 2.75) is 32.2 Å². The van der Waals surface area contributed by atoms with Gasteiger partial charge in [0.25, 0.3) is 0 Å². The molecule has 0 spiro atoms. The van der Waals surface area contributed by atoms with Crippen molar-refractivity contribution in [3.8, 4) is 0 Å². The molecule has 1 aromatic rings. The van der Waals surface area contributed by atoms with Crippen LogP contribution in [0.15, 0.2) is 6.33 Å². The van der Waals surface area contributed by atoms with E-state index in [2.05, 4.69) is 20.7 Å². The van der Waals surface area contributed by atoms with Crippen LogP contribution in [-0.4, -0.2) is 20.4 Å². The van der Waals surface area contributed by atoms with E-state index in [4.69, 9.17) is 5.84 Å². The zero-order chi connectivity index (χ0) is 13.3. The SMILES string of the molecule is CC(C)(Nc1ncnc(NN)c1[N+](=O)[O-])C1CC1. The van der Waals surface area contributed by atoms with Crippen LogP contribution < -0.4 is 16.6 Å². The lowest BCUT2D eigenvalue weighted by molar-refractivity contribution is -0.383. The summed E-state index contributed by atoms with van der Waals surface area (Å²) in [5.74, 6) is 5.93. The molecule has 1 aromatic heterocycles. The minimum atomic E-state index is -0.541. The first-order valence-electron chi connectivity index (χ1n) is 5.70. The fourth-order valence-electron chi connectivity index (χ4n) is 1.96. The van der Waals surface area contributed by atoms with Gasteiger partial charge in [0, 0.05) is 5.54 Å². The molecule has 0 radical (unpaired) electrons. The lowest BCUT2D eigenvalue weighted by atomic mass is 9.99. The van der Waals surface area contributed by atoms with Gasteiger partial charge >= 0.3 is 5.69 Å². The van der Waals surface area contributed by atoms with Crippen molar-refractivity contribution in [2.75, 3.05) is 10.7 Å². The van der Waals surface area contributed by atoms with Crippen LogP contribution in [0.4, 0.5) is 17.3 Å². The summed E-state index contributed by atoms with van der Waals surface area (Å²) in [6.07, 6.45) is 3.50. The number of hydrazine groups is 1. The van der Waals surface area contributed by atoms with Gasteiger partial charge in [-0.05, 0) is 32.6 Å². The Morgan fingerprint density at radius 3 is 2.56 bits per heavy atom. The van der Waals surface area contributed by atoms with E-state index in [1.165, 1.54) is 6.33 Å². The van der Waals surface area contributed by atoms with E-state index < -0.39 is 4.92 Å². The number of nitro groups is 1. The summed E-state index contributed by atoms with van der Waals surface area (Å²) in [5, 5.41) is 14.2. The molecule has 0 atom stereocenters. The maximum absolute atomic E-state index is 11.1. The normalized spacial score (nSPS) is 15.3. The van der Waals surface area contributed by atoms with Crippen molar-refractivity contribution < 1.29 is 4.92 Å². The largest absolute Gasteiger partial charge is 0.359 e. The molecular weight excluding hydrogens is 236 g/mol. The number of hydrogen-bond donors (Lipinski definition) is 3. The number of anilines is 2. The van der Waals surface area contributed by atoms with E-state index in [1.807, 2.05) is 13.8 Å². The molecule has 0 amide bonds. The minimum absolute atomic E-state index is 0.00379. The zero-order valence-electron chi connectivity index (χ0n) is 10.3. The molecule has 1 aliphatic rings. The molecule has 2 rings (SSSR count). The minimum Gasteiger partial charge on any atom is -0.359 e. The highest BCUT2D eigenvalue weighted by molar-refractivity contribution is 5.69. The maximum Gasteiger partial charge on any atom is 0.354 e. The molecule has 0 aliphatic heterocycles. The lowest BCUT2D eigenvalue weighted by Gasteiger charge is -2.26. The summed E-state index contributed by atoms with van der Waals surface area (Å²) in [4.78, 5) is 18.2. The van der Waals surface area contributed by atoms with Crippen LogP contribution in [0.5, 0.6) is 0 Å². The Morgan fingerprint density at radius 1 is 1.44 bits per heavy atom. The first-order valence-corrected chi connectivity index (χ1v) is 5.70. The standard InChI is InChI=1S/C10H16N6O2/c1-10(2,6-3-4-6)14-8-7(16(17)18)9(15-11)13-5-12-8/h5-6H,3-4,11H2,1-2H3,(H2,12,13,14,15). The third-order valence-electron chi connectivity index (χ3n) is 3.18. The molecule has 1 aliphatic carbocycles. The Labute approximate surface area is 104 Å². The second-order valence-corrected chi connectivity index (χ2v) is 4.94. The Hall–Kier alpha value is -1.96. The van der Waals surface area contributed by atoms with E-state index in [1.54, 1.807) is 0 Å². The number of nitrogens with zero attached hydrogens (tertiary/aromatic N) is 3. The van der Waals surface area contributed by atoms with Gasteiger partial charge in [0.05, 0.1) is 4.92 Å². The Kier molecular flexibility index (Phi) is 3.04. The predicted molar refractivity (Wildman–Crippen MR) is 66.9 cm³/mol. The second-order valence-electron chi connectivity index (χ2n) is 4.94. The summed E-state index contributed by atoms with van der Waals surface area (Å²) in [5.41, 5.74) is 1.76. The topological polar surface area (TPSA) is 119 Å². The fourth-order valence-corrected chi connectivity index (χ4v) is 1.96. The Morgan fingerprint density at radius 2 is 2.06 bits per heavy atom. The predicted octanol–water partition coefficient (Wildman–Crippen LogP) is 1.27. The third kappa shape index (κ3) is 2.33. The van der Waals surface area contributed by atoms with Crippen molar-refractivity contribution in [2.24, 2.45) is 11.8 Å². The van der Waals surface area contributed by atoms with Gasteiger partial charge in [-0.1, -0.05) is 0 Å². The van der Waals surface area contributed by atoms with Gasteiger partial charge < -0.3 is 10.7 Å². The quantitative estimate of drug-likeness (QED) is 0.410. The highest BCUT2D eigenvalue weighted by atomic mass is 16.6. The van der Waals surface area contributed by atoms with E-state index in [-0.39, 0.29) is 22.9 Å². The summed E-state index contributed by atoms with van der Waals surface area (Å²) in [7, 11) is 0. The lowest BCUT2D eigenvalue weighted by Crippen LogP contribution is -2.34. The van der Waals surface area contributed by atoms with Gasteiger partial charge in [0.1, 0.15) is 6.33 Å². The van der Waals surface area contributed by atoms with Crippen LogP contribution in [-0.2, 0) is 0 Å². The Bertz CT molecular complexity index is 471. The summed E-state index contributed by atoms with van der Waals surface area (Å²) >= 11 is 0. The highest BCUT2D eigenvalue weighted by Crippen LogP contribution is 2.42. The molecule has 0 unspecified atom stereocenters. The second kappa shape index (κ2) is 4.37. The molecule has 4 N–H and O–H groups in total. The van der Waals surface area contributed by atoms with E-state index in [9.17, 15) is 10.1 Å². The number of hydrogen-bond acceptors (Lipinski definition) is 7. The number of nitrogens with one attached hydrogen (secondary N) is 2. The summed E-state index contributed by atoms with van der Waals surface area (Å²) < 4.78 is 0. The van der Waals surface area contributed by atoms with Crippen LogP contribution in [0.1, 0.15) is 26.7 Å². The van der Waals surface area contributed by atoms with Gasteiger partial charge in [-0.3, -0.25) is 10.1 Å². The molecule has 0 saturated heterocycles. The van der Waals surface area contributed by atoms with Crippen LogP contribution >= 0.6 is 0 Å². The van der Waals surface area contributed by atoms with E-state index >= 15 is 0 Å². The highest BCUT2D eigenvalue weighted by Gasteiger charge is 2.39. The van der Waals surface area contributed by atoms with Crippen molar-refractivity contribution in [1.29, 1.82) is 0 Å². The van der Waals surface area contributed by atoms with Crippen LogP contribution in [0.2, 0.25) is 0 Å². The average molecular weight is 252 g/mol. The third-order valence-corrected chi connectivity index (χ3v) is 3.18. The summed E-state index contributed by atoms with van der Waals surface area (Å²) in [6, 6.07) is 0. The van der Waals surface area contributed by atoms with Crippen LogP contribution in [0, 0.1) is 16.0 Å². The molecule has 8 heteroatoms. The number of nitrogens with two attached hydrogens (primary N) is 1. The Balaban J connectivity index is 2.34. The van der Waals surface area contributed by atoms with Crippen molar-refractivity contribution in [3.63, 3.8) is 0 Å². The van der Waals surface area contributed by atoms with Gasteiger partial charge in [0.2, 0.25) is 11.6 Å². The molecule has 1 heterocycles. The van der Waals surface area contributed by atoms with Gasteiger partial charge in [-0.15, -0.1) is 0 Å². The number of rotatable bonds is 5. The zero-order valence-corrected chi connectivity index (χ0v) is 10.3. The van der Waals surface area contributed by atoms with Gasteiger partial charge in [-0.25, -0.2) is 15.8 Å².